The van der Waals surface area contributed by atoms with Crippen molar-refractivity contribution in [2.24, 2.45) is 0 Å². The second kappa shape index (κ2) is 12.9. The lowest BCUT2D eigenvalue weighted by Gasteiger charge is -2.30. The molecule has 0 aliphatic carbocycles. The van der Waals surface area contributed by atoms with E-state index in [1.54, 1.807) is 0 Å². The van der Waals surface area contributed by atoms with Crippen LogP contribution in [0.15, 0.2) is 205 Å². The van der Waals surface area contributed by atoms with E-state index in [1.165, 1.54) is 47.6 Å². The van der Waals surface area contributed by atoms with Crippen molar-refractivity contribution in [3.63, 3.8) is 0 Å². The molecule has 11 aromatic rings. The van der Waals surface area contributed by atoms with Crippen LogP contribution in [0.2, 0.25) is 0 Å². The minimum atomic E-state index is 0.884. The molecule has 0 bridgehead atoms. The number of benzene rings is 9. The van der Waals surface area contributed by atoms with E-state index in [-0.39, 0.29) is 0 Å². The molecule has 0 N–H and O–H groups in total. The lowest BCUT2D eigenvalue weighted by Crippen LogP contribution is -2.12. The summed E-state index contributed by atoms with van der Waals surface area (Å²) < 4.78 is 9.01. The number of hydrogen-bond acceptors (Lipinski definition) is 3. The van der Waals surface area contributed by atoms with Gasteiger partial charge in [-0.2, -0.15) is 0 Å². The maximum absolute atomic E-state index is 6.41. The Kier molecular flexibility index (Phi) is 7.39. The average Bonchev–Trinajstić information content (AvgIpc) is 3.83. The summed E-state index contributed by atoms with van der Waals surface area (Å²) in [6.07, 6.45) is 0. The van der Waals surface area contributed by atoms with Crippen LogP contribution in [0.5, 0.6) is 0 Å². The van der Waals surface area contributed by atoms with Crippen molar-refractivity contribution >= 4 is 81.3 Å². The molecule has 0 saturated heterocycles. The lowest BCUT2D eigenvalue weighted by atomic mass is 9.94. The molecule has 2 nitrogen and oxygen atoms in total. The van der Waals surface area contributed by atoms with Crippen LogP contribution in [0.1, 0.15) is 0 Å². The molecule has 0 saturated carbocycles. The van der Waals surface area contributed by atoms with Gasteiger partial charge in [-0.1, -0.05) is 146 Å². The average molecular weight is 720 g/mol. The van der Waals surface area contributed by atoms with Gasteiger partial charge in [-0.15, -0.1) is 11.3 Å². The third-order valence-corrected chi connectivity index (χ3v) is 12.0. The molecule has 2 aromatic heterocycles. The van der Waals surface area contributed by atoms with Gasteiger partial charge in [-0.25, -0.2) is 0 Å². The summed E-state index contributed by atoms with van der Waals surface area (Å²) in [7, 11) is 0. The van der Waals surface area contributed by atoms with E-state index >= 15 is 0 Å². The molecular formula is C52H33NOS. The zero-order valence-electron chi connectivity index (χ0n) is 29.8. The third kappa shape index (κ3) is 5.24. The van der Waals surface area contributed by atoms with Gasteiger partial charge < -0.3 is 9.32 Å². The summed E-state index contributed by atoms with van der Waals surface area (Å²) in [5.74, 6) is 0. The summed E-state index contributed by atoms with van der Waals surface area (Å²) >= 11 is 1.86. The van der Waals surface area contributed by atoms with Gasteiger partial charge in [0.25, 0.3) is 0 Å². The van der Waals surface area contributed by atoms with Crippen LogP contribution in [0.3, 0.4) is 0 Å². The van der Waals surface area contributed by atoms with Crippen LogP contribution in [-0.2, 0) is 0 Å². The predicted octanol–water partition coefficient (Wildman–Crippen LogP) is 15.6. The first-order valence-corrected chi connectivity index (χ1v) is 19.5. The standard InChI is InChI=1S/C52H33NOS/c1-2-15-35-32-37(31-30-34(35)14-1)39-18-3-7-24-45(39)53(38-17-11-16-36(33-38)40-22-13-29-50-52(40)44-21-6-10-28-49(44)55-50)46-25-8-4-19-41(46)42-23-12-27-48-51(42)43-20-5-9-26-47(43)54-48/h1-33H. The highest BCUT2D eigenvalue weighted by molar-refractivity contribution is 7.25. The Morgan fingerprint density at radius 1 is 0.364 bits per heavy atom. The lowest BCUT2D eigenvalue weighted by molar-refractivity contribution is 0.669. The first kappa shape index (κ1) is 31.6. The van der Waals surface area contributed by atoms with Gasteiger partial charge in [-0.05, 0) is 87.6 Å². The van der Waals surface area contributed by atoms with Crippen LogP contribution in [-0.4, -0.2) is 0 Å². The quantitative estimate of drug-likeness (QED) is 0.170. The van der Waals surface area contributed by atoms with Crippen molar-refractivity contribution in [2.45, 2.75) is 0 Å². The van der Waals surface area contributed by atoms with E-state index in [1.807, 2.05) is 17.4 Å². The van der Waals surface area contributed by atoms with Crippen molar-refractivity contribution < 1.29 is 4.42 Å². The number of hydrogen-bond donors (Lipinski definition) is 0. The fraction of sp³-hybridized carbons (Fsp3) is 0. The van der Waals surface area contributed by atoms with Crippen LogP contribution in [0.25, 0.3) is 86.3 Å². The molecule has 0 aliphatic rings. The van der Waals surface area contributed by atoms with Crippen LogP contribution < -0.4 is 4.90 Å². The first-order valence-electron chi connectivity index (χ1n) is 18.7. The zero-order chi connectivity index (χ0) is 36.3. The number of thiophene rings is 1. The number of nitrogens with zero attached hydrogens (tertiary/aromatic N) is 1. The number of furan rings is 1. The van der Waals surface area contributed by atoms with Crippen LogP contribution in [0, 0.1) is 0 Å². The summed E-state index contributed by atoms with van der Waals surface area (Å²) in [5, 5.41) is 7.30. The molecule has 3 heteroatoms. The van der Waals surface area contributed by atoms with Crippen molar-refractivity contribution in [3.05, 3.63) is 200 Å². The van der Waals surface area contributed by atoms with E-state index in [4.69, 9.17) is 4.42 Å². The third-order valence-electron chi connectivity index (χ3n) is 10.9. The van der Waals surface area contributed by atoms with Gasteiger partial charge in [0.1, 0.15) is 11.2 Å². The van der Waals surface area contributed by atoms with Gasteiger partial charge in [0.2, 0.25) is 0 Å². The van der Waals surface area contributed by atoms with E-state index in [0.717, 1.165) is 55.7 Å². The Balaban J connectivity index is 1.18. The fourth-order valence-electron chi connectivity index (χ4n) is 8.40. The number of fused-ring (bicyclic) bond motifs is 7. The maximum atomic E-state index is 6.41. The molecule has 0 unspecified atom stereocenters. The van der Waals surface area contributed by atoms with Crippen LogP contribution in [0.4, 0.5) is 17.1 Å². The van der Waals surface area contributed by atoms with Gasteiger partial charge in [0.15, 0.2) is 0 Å². The minimum Gasteiger partial charge on any atom is -0.456 e. The van der Waals surface area contributed by atoms with Crippen molar-refractivity contribution in [1.29, 1.82) is 0 Å². The minimum absolute atomic E-state index is 0.884. The number of para-hydroxylation sites is 3. The van der Waals surface area contributed by atoms with Crippen molar-refractivity contribution in [3.8, 4) is 33.4 Å². The maximum Gasteiger partial charge on any atom is 0.136 e. The van der Waals surface area contributed by atoms with Gasteiger partial charge >= 0.3 is 0 Å². The van der Waals surface area contributed by atoms with Gasteiger partial charge in [-0.3, -0.25) is 0 Å². The Bertz CT molecular complexity index is 3240. The van der Waals surface area contributed by atoms with Gasteiger partial charge in [0.05, 0.1) is 11.4 Å². The molecule has 0 spiro atoms. The van der Waals surface area contributed by atoms with E-state index < -0.39 is 0 Å². The molecule has 0 fully saturated rings. The second-order valence-corrected chi connectivity index (χ2v) is 15.1. The smallest absolute Gasteiger partial charge is 0.136 e. The second-order valence-electron chi connectivity index (χ2n) is 14.0. The summed E-state index contributed by atoms with van der Waals surface area (Å²) in [6, 6.07) is 72.3. The normalized spacial score (nSPS) is 11.6. The SMILES string of the molecule is c1cc(-c2cccc3sc4ccccc4c23)cc(N(c2ccccc2-c2ccc3ccccc3c2)c2ccccc2-c2cccc3oc4ccccc4c23)c1. The largest absolute Gasteiger partial charge is 0.456 e. The summed E-state index contributed by atoms with van der Waals surface area (Å²) in [4.78, 5) is 2.45. The molecule has 2 heterocycles. The highest BCUT2D eigenvalue weighted by atomic mass is 32.1. The highest BCUT2D eigenvalue weighted by Crippen LogP contribution is 2.48. The first-order chi connectivity index (χ1) is 27.3. The Morgan fingerprint density at radius 3 is 1.89 bits per heavy atom. The van der Waals surface area contributed by atoms with E-state index in [9.17, 15) is 0 Å². The van der Waals surface area contributed by atoms with Crippen molar-refractivity contribution in [2.75, 3.05) is 4.90 Å². The summed E-state index contributed by atoms with van der Waals surface area (Å²) in [5.41, 5.74) is 12.1. The number of anilines is 3. The van der Waals surface area contributed by atoms with E-state index in [0.29, 0.717) is 0 Å². The summed E-state index contributed by atoms with van der Waals surface area (Å²) in [6.45, 7) is 0. The topological polar surface area (TPSA) is 16.4 Å². The monoisotopic (exact) mass is 719 g/mol. The van der Waals surface area contributed by atoms with E-state index in [2.05, 4.69) is 199 Å². The molecule has 55 heavy (non-hydrogen) atoms. The molecule has 0 amide bonds. The Morgan fingerprint density at radius 2 is 0.982 bits per heavy atom. The predicted molar refractivity (Wildman–Crippen MR) is 235 cm³/mol. The molecule has 0 aliphatic heterocycles. The van der Waals surface area contributed by atoms with Gasteiger partial charge in [0, 0.05) is 47.8 Å². The molecule has 0 radical (unpaired) electrons. The zero-order valence-corrected chi connectivity index (χ0v) is 30.6. The number of rotatable bonds is 6. The molecule has 9 aromatic carbocycles. The molecule has 258 valence electrons. The Hall–Kier alpha value is -6.94. The molecular weight excluding hydrogens is 687 g/mol. The highest BCUT2D eigenvalue weighted by Gasteiger charge is 2.23. The van der Waals surface area contributed by atoms with Crippen LogP contribution >= 0.6 is 11.3 Å². The molecule has 11 rings (SSSR count). The Labute approximate surface area is 322 Å². The fourth-order valence-corrected chi connectivity index (χ4v) is 9.53. The van der Waals surface area contributed by atoms with Crippen molar-refractivity contribution in [1.82, 2.24) is 0 Å². The molecule has 0 atom stereocenters.